The van der Waals surface area contributed by atoms with E-state index < -0.39 is 0 Å². The Hall–Kier alpha value is -0.0800. The van der Waals surface area contributed by atoms with Gasteiger partial charge in [-0.05, 0) is 42.4 Å². The van der Waals surface area contributed by atoms with E-state index in [4.69, 9.17) is 0 Å². The van der Waals surface area contributed by atoms with Gasteiger partial charge < -0.3 is 10.2 Å². The average Bonchev–Trinajstić information content (AvgIpc) is 2.88. The zero-order valence-electron chi connectivity index (χ0n) is 15.1. The summed E-state index contributed by atoms with van der Waals surface area (Å²) in [6.45, 7) is 16.9. The standard InChI is InChI=1S/C19H38N2/c1-15(2)17-10-18(20-14-19(3,4)5)13-21(12-17)11-16-8-6-7-9-16/h15-18,20H,6-14H2,1-5H3. The molecule has 1 aliphatic carbocycles. The van der Waals surface area contributed by atoms with Crippen molar-refractivity contribution >= 4 is 0 Å². The summed E-state index contributed by atoms with van der Waals surface area (Å²) in [7, 11) is 0. The van der Waals surface area contributed by atoms with E-state index in [-0.39, 0.29) is 0 Å². The minimum absolute atomic E-state index is 0.390. The predicted octanol–water partition coefficient (Wildman–Crippen LogP) is 4.16. The Labute approximate surface area is 133 Å². The number of hydrogen-bond acceptors (Lipinski definition) is 2. The maximum atomic E-state index is 3.86. The van der Waals surface area contributed by atoms with Gasteiger partial charge in [-0.15, -0.1) is 0 Å². The van der Waals surface area contributed by atoms with Crippen molar-refractivity contribution in [1.82, 2.24) is 10.2 Å². The number of piperidine rings is 1. The van der Waals surface area contributed by atoms with Crippen molar-refractivity contribution < 1.29 is 0 Å². The van der Waals surface area contributed by atoms with Gasteiger partial charge in [-0.3, -0.25) is 0 Å². The molecule has 0 bridgehead atoms. The Kier molecular flexibility index (Phi) is 6.14. The summed E-state index contributed by atoms with van der Waals surface area (Å²) < 4.78 is 0. The van der Waals surface area contributed by atoms with Crippen molar-refractivity contribution in [1.29, 1.82) is 0 Å². The van der Waals surface area contributed by atoms with E-state index >= 15 is 0 Å². The van der Waals surface area contributed by atoms with Crippen LogP contribution in [0.3, 0.4) is 0 Å². The highest BCUT2D eigenvalue weighted by Crippen LogP contribution is 2.29. The lowest BCUT2D eigenvalue weighted by atomic mass is 9.84. The highest BCUT2D eigenvalue weighted by Gasteiger charge is 2.31. The lowest BCUT2D eigenvalue weighted by Gasteiger charge is -2.41. The molecule has 2 heteroatoms. The molecule has 0 aromatic carbocycles. The Balaban J connectivity index is 1.87. The smallest absolute Gasteiger partial charge is 0.0198 e. The molecule has 2 atom stereocenters. The molecule has 2 rings (SSSR count). The number of likely N-dealkylation sites (tertiary alicyclic amines) is 1. The molecule has 0 amide bonds. The Morgan fingerprint density at radius 2 is 1.76 bits per heavy atom. The fourth-order valence-corrected chi connectivity index (χ4v) is 4.02. The van der Waals surface area contributed by atoms with Crippen molar-refractivity contribution in [3.8, 4) is 0 Å². The second-order valence-corrected chi connectivity index (χ2v) is 9.25. The summed E-state index contributed by atoms with van der Waals surface area (Å²) in [5.41, 5.74) is 0.390. The first-order chi connectivity index (χ1) is 9.83. The molecule has 0 aromatic rings. The van der Waals surface area contributed by atoms with Crippen molar-refractivity contribution in [3.05, 3.63) is 0 Å². The zero-order valence-corrected chi connectivity index (χ0v) is 15.1. The molecular weight excluding hydrogens is 256 g/mol. The lowest BCUT2D eigenvalue weighted by Crippen LogP contribution is -2.52. The number of nitrogens with zero attached hydrogens (tertiary/aromatic N) is 1. The van der Waals surface area contributed by atoms with Gasteiger partial charge in [-0.25, -0.2) is 0 Å². The largest absolute Gasteiger partial charge is 0.312 e. The van der Waals surface area contributed by atoms with Crippen LogP contribution in [-0.2, 0) is 0 Å². The van der Waals surface area contributed by atoms with Gasteiger partial charge in [0.1, 0.15) is 0 Å². The number of nitrogens with one attached hydrogen (secondary N) is 1. The molecule has 0 radical (unpaired) electrons. The van der Waals surface area contributed by atoms with Gasteiger partial charge in [0.05, 0.1) is 0 Å². The van der Waals surface area contributed by atoms with E-state index in [1.807, 2.05) is 0 Å². The van der Waals surface area contributed by atoms with Crippen LogP contribution in [0.1, 0.15) is 66.7 Å². The third-order valence-electron chi connectivity index (χ3n) is 5.41. The van der Waals surface area contributed by atoms with Gasteiger partial charge in [0.15, 0.2) is 0 Å². The van der Waals surface area contributed by atoms with E-state index in [2.05, 4.69) is 44.8 Å². The van der Waals surface area contributed by atoms with Gasteiger partial charge in [0, 0.05) is 32.2 Å². The van der Waals surface area contributed by atoms with E-state index in [0.717, 1.165) is 24.3 Å². The topological polar surface area (TPSA) is 15.3 Å². The van der Waals surface area contributed by atoms with Crippen LogP contribution in [0.2, 0.25) is 0 Å². The van der Waals surface area contributed by atoms with Crippen molar-refractivity contribution in [2.24, 2.45) is 23.2 Å². The normalized spacial score (nSPS) is 29.4. The SMILES string of the molecule is CC(C)C1CC(NCC(C)(C)C)CN(CC2CCCC2)C1. The van der Waals surface area contributed by atoms with Crippen LogP contribution in [0.25, 0.3) is 0 Å². The molecular formula is C19H38N2. The second kappa shape index (κ2) is 7.46. The molecule has 2 fully saturated rings. The van der Waals surface area contributed by atoms with Crippen LogP contribution in [0.4, 0.5) is 0 Å². The summed E-state index contributed by atoms with van der Waals surface area (Å²) in [5, 5.41) is 3.86. The zero-order chi connectivity index (χ0) is 15.5. The number of rotatable bonds is 5. The Morgan fingerprint density at radius 3 is 2.33 bits per heavy atom. The first kappa shape index (κ1) is 17.3. The molecule has 1 saturated heterocycles. The van der Waals surface area contributed by atoms with Gasteiger partial charge in [0.25, 0.3) is 0 Å². The van der Waals surface area contributed by atoms with E-state index in [1.165, 1.54) is 51.7 Å². The molecule has 1 saturated carbocycles. The molecule has 0 spiro atoms. The van der Waals surface area contributed by atoms with Crippen molar-refractivity contribution in [3.63, 3.8) is 0 Å². The highest BCUT2D eigenvalue weighted by atomic mass is 15.2. The Morgan fingerprint density at radius 1 is 1.10 bits per heavy atom. The highest BCUT2D eigenvalue weighted by molar-refractivity contribution is 4.87. The molecule has 124 valence electrons. The molecule has 1 N–H and O–H groups in total. The third kappa shape index (κ3) is 5.90. The molecule has 0 aromatic heterocycles. The summed E-state index contributed by atoms with van der Waals surface area (Å²) in [4.78, 5) is 2.78. The molecule has 2 nitrogen and oxygen atoms in total. The number of hydrogen-bond donors (Lipinski definition) is 1. The molecule has 21 heavy (non-hydrogen) atoms. The van der Waals surface area contributed by atoms with E-state index in [9.17, 15) is 0 Å². The molecule has 2 unspecified atom stereocenters. The van der Waals surface area contributed by atoms with E-state index in [0.29, 0.717) is 11.5 Å². The average molecular weight is 295 g/mol. The van der Waals surface area contributed by atoms with Crippen LogP contribution in [0.15, 0.2) is 0 Å². The summed E-state index contributed by atoms with van der Waals surface area (Å²) >= 11 is 0. The first-order valence-corrected chi connectivity index (χ1v) is 9.29. The molecule has 2 aliphatic rings. The van der Waals surface area contributed by atoms with Gasteiger partial charge >= 0.3 is 0 Å². The quantitative estimate of drug-likeness (QED) is 0.819. The van der Waals surface area contributed by atoms with Gasteiger partial charge in [-0.1, -0.05) is 47.5 Å². The third-order valence-corrected chi connectivity index (χ3v) is 5.41. The summed E-state index contributed by atoms with van der Waals surface area (Å²) in [6, 6.07) is 0.701. The van der Waals surface area contributed by atoms with Gasteiger partial charge in [-0.2, -0.15) is 0 Å². The first-order valence-electron chi connectivity index (χ1n) is 9.29. The van der Waals surface area contributed by atoms with E-state index in [1.54, 1.807) is 0 Å². The van der Waals surface area contributed by atoms with Crippen LogP contribution in [-0.4, -0.2) is 37.1 Å². The van der Waals surface area contributed by atoms with Crippen LogP contribution >= 0.6 is 0 Å². The maximum absolute atomic E-state index is 3.86. The maximum Gasteiger partial charge on any atom is 0.0198 e. The monoisotopic (exact) mass is 294 g/mol. The minimum atomic E-state index is 0.390. The fraction of sp³-hybridized carbons (Fsp3) is 1.00. The Bertz CT molecular complexity index is 297. The summed E-state index contributed by atoms with van der Waals surface area (Å²) in [6.07, 6.45) is 7.26. The fourth-order valence-electron chi connectivity index (χ4n) is 4.02. The van der Waals surface area contributed by atoms with Gasteiger partial charge in [0.2, 0.25) is 0 Å². The van der Waals surface area contributed by atoms with Crippen molar-refractivity contribution in [2.75, 3.05) is 26.2 Å². The molecule has 1 aliphatic heterocycles. The second-order valence-electron chi connectivity index (χ2n) is 9.25. The lowest BCUT2D eigenvalue weighted by molar-refractivity contribution is 0.0976. The van der Waals surface area contributed by atoms with Crippen LogP contribution < -0.4 is 5.32 Å². The van der Waals surface area contributed by atoms with Crippen molar-refractivity contribution in [2.45, 2.75) is 72.8 Å². The summed E-state index contributed by atoms with van der Waals surface area (Å²) in [5.74, 6) is 2.67. The molecule has 1 heterocycles. The minimum Gasteiger partial charge on any atom is -0.312 e. The van der Waals surface area contributed by atoms with Crippen LogP contribution in [0, 0.1) is 23.2 Å². The predicted molar refractivity (Wildman–Crippen MR) is 92.6 cm³/mol. The van der Waals surface area contributed by atoms with Crippen LogP contribution in [0.5, 0.6) is 0 Å².